The second kappa shape index (κ2) is 5.64. The van der Waals surface area contributed by atoms with Crippen LogP contribution in [0.3, 0.4) is 0 Å². The predicted molar refractivity (Wildman–Crippen MR) is 97.0 cm³/mol. The lowest BCUT2D eigenvalue weighted by Crippen LogP contribution is -2.52. The Bertz CT molecular complexity index is 939. The average Bonchev–Trinajstić information content (AvgIpc) is 2.97. The van der Waals surface area contributed by atoms with Crippen LogP contribution in [-0.2, 0) is 35.9 Å². The van der Waals surface area contributed by atoms with Crippen molar-refractivity contribution in [1.29, 1.82) is 0 Å². The highest BCUT2D eigenvalue weighted by Crippen LogP contribution is 2.58. The fourth-order valence-corrected chi connectivity index (χ4v) is 5.20. The molecule has 1 aliphatic carbocycles. The van der Waals surface area contributed by atoms with Crippen molar-refractivity contribution in [2.45, 2.75) is 37.8 Å². The summed E-state index contributed by atoms with van der Waals surface area (Å²) < 4.78 is 4.55. The molecule has 2 aliphatic heterocycles. The summed E-state index contributed by atoms with van der Waals surface area (Å²) in [4.78, 5) is 53.1. The molecule has 1 aromatic carbocycles. The number of rotatable bonds is 2. The average molecular weight is 386 g/mol. The molecule has 8 heteroatoms. The lowest BCUT2D eigenvalue weighted by Gasteiger charge is -2.40. The first-order valence-electron chi connectivity index (χ1n) is 9.13. The molecule has 8 nitrogen and oxygen atoms in total. The lowest BCUT2D eigenvalue weighted by atomic mass is 9.63. The molecular weight excluding hydrogens is 364 g/mol. The normalized spacial score (nSPS) is 29.6. The molecule has 28 heavy (non-hydrogen) atoms. The summed E-state index contributed by atoms with van der Waals surface area (Å²) in [5.41, 5.74) is -1.17. The Hall–Kier alpha value is -2.74. The van der Waals surface area contributed by atoms with Gasteiger partial charge in [0, 0.05) is 24.1 Å². The molecule has 3 atom stereocenters. The van der Waals surface area contributed by atoms with Crippen molar-refractivity contribution in [3.05, 3.63) is 29.3 Å². The molecule has 1 N–H and O–H groups in total. The number of likely N-dealkylation sites (tertiary alicyclic amines) is 1. The number of amides is 3. The van der Waals surface area contributed by atoms with E-state index in [0.717, 1.165) is 10.5 Å². The van der Waals surface area contributed by atoms with Gasteiger partial charge in [-0.3, -0.25) is 24.1 Å². The van der Waals surface area contributed by atoms with Gasteiger partial charge in [-0.15, -0.1) is 0 Å². The lowest BCUT2D eigenvalue weighted by molar-refractivity contribution is -0.158. The van der Waals surface area contributed by atoms with E-state index in [1.54, 1.807) is 27.0 Å². The van der Waals surface area contributed by atoms with Gasteiger partial charge < -0.3 is 14.7 Å². The van der Waals surface area contributed by atoms with Crippen molar-refractivity contribution in [2.24, 2.45) is 11.8 Å². The number of esters is 1. The van der Waals surface area contributed by atoms with E-state index in [1.807, 2.05) is 12.1 Å². The first-order valence-corrected chi connectivity index (χ1v) is 9.13. The number of benzene rings is 1. The quantitative estimate of drug-likeness (QED) is 0.581. The van der Waals surface area contributed by atoms with Crippen molar-refractivity contribution >= 4 is 29.4 Å². The number of ether oxygens (including phenoxy) is 1. The largest absolute Gasteiger partial charge is 0.469 e. The highest BCUT2D eigenvalue weighted by Gasteiger charge is 2.69. The Morgan fingerprint density at radius 2 is 1.96 bits per heavy atom. The smallest absolute Gasteiger partial charge is 0.315 e. The first kappa shape index (κ1) is 18.6. The Morgan fingerprint density at radius 3 is 2.61 bits per heavy atom. The van der Waals surface area contributed by atoms with Crippen LogP contribution in [0.5, 0.6) is 0 Å². The fourth-order valence-electron chi connectivity index (χ4n) is 5.20. The first-order chi connectivity index (χ1) is 13.1. The number of fused-ring (bicyclic) bond motifs is 2. The number of hydrogen-bond acceptors (Lipinski definition) is 6. The third kappa shape index (κ3) is 2.03. The fraction of sp³-hybridized carbons (Fsp3) is 0.500. The minimum Gasteiger partial charge on any atom is -0.469 e. The maximum atomic E-state index is 13.3. The van der Waals surface area contributed by atoms with Gasteiger partial charge >= 0.3 is 5.97 Å². The SMILES string of the molecule is COC(=O)CC(=O)N1C(=O)[C@@H]2[C@@H](Cc3cccc4c3C2(O)C(=O)N4C)C1(C)C. The molecule has 4 rings (SSSR count). The number of aliphatic hydroxyl groups is 1. The van der Waals surface area contributed by atoms with Crippen molar-refractivity contribution in [2.75, 3.05) is 19.1 Å². The van der Waals surface area contributed by atoms with Crippen LogP contribution in [-0.4, -0.2) is 53.4 Å². The van der Waals surface area contributed by atoms with Crippen molar-refractivity contribution in [1.82, 2.24) is 4.90 Å². The number of carbonyl (C=O) groups is 4. The number of likely N-dealkylation sites (N-methyl/N-ethyl adjacent to an activating group) is 1. The van der Waals surface area contributed by atoms with E-state index < -0.39 is 53.1 Å². The summed E-state index contributed by atoms with van der Waals surface area (Å²) in [5.74, 6) is -4.20. The molecule has 1 saturated heterocycles. The minimum absolute atomic E-state index is 0.442. The van der Waals surface area contributed by atoms with Gasteiger partial charge in [-0.2, -0.15) is 0 Å². The maximum Gasteiger partial charge on any atom is 0.315 e. The van der Waals surface area contributed by atoms with Crippen LogP contribution in [0.1, 0.15) is 31.4 Å². The second-order valence-electron chi connectivity index (χ2n) is 8.20. The van der Waals surface area contributed by atoms with Crippen molar-refractivity contribution in [3.8, 4) is 0 Å². The van der Waals surface area contributed by atoms with E-state index in [0.29, 0.717) is 17.7 Å². The molecule has 0 spiro atoms. The number of methoxy groups -OCH3 is 1. The van der Waals surface area contributed by atoms with Crippen LogP contribution in [0.15, 0.2) is 18.2 Å². The standard InChI is InChI=1S/C20H22N2O6/c1-19(2)11-8-10-6-5-7-12-15(10)20(27,18(26)21(12)3)16(11)17(25)22(19)13(23)9-14(24)28-4/h5-7,11,16,27H,8-9H2,1-4H3/t11-,16+,20?/m1/s1. The summed E-state index contributed by atoms with van der Waals surface area (Å²) in [7, 11) is 2.73. The molecule has 3 aliphatic rings. The Morgan fingerprint density at radius 1 is 1.29 bits per heavy atom. The molecule has 2 heterocycles. The van der Waals surface area contributed by atoms with Gasteiger partial charge in [0.05, 0.1) is 18.7 Å². The van der Waals surface area contributed by atoms with Crippen LogP contribution in [0.25, 0.3) is 0 Å². The van der Waals surface area contributed by atoms with Gasteiger partial charge in [-0.25, -0.2) is 0 Å². The van der Waals surface area contributed by atoms with Gasteiger partial charge in [-0.1, -0.05) is 12.1 Å². The number of hydrogen-bond donors (Lipinski definition) is 1. The Kier molecular flexibility index (Phi) is 3.75. The van der Waals surface area contributed by atoms with Crippen molar-refractivity contribution in [3.63, 3.8) is 0 Å². The number of anilines is 1. The number of carbonyl (C=O) groups excluding carboxylic acids is 4. The molecule has 1 unspecified atom stereocenters. The van der Waals surface area contributed by atoms with Gasteiger partial charge in [0.15, 0.2) is 5.60 Å². The van der Waals surface area contributed by atoms with E-state index in [2.05, 4.69) is 4.74 Å². The molecule has 0 aromatic heterocycles. The third-order valence-electron chi connectivity index (χ3n) is 6.54. The zero-order valence-electron chi connectivity index (χ0n) is 16.2. The van der Waals surface area contributed by atoms with Gasteiger partial charge in [-0.05, 0) is 31.9 Å². The van der Waals surface area contributed by atoms with Crippen LogP contribution < -0.4 is 4.90 Å². The summed E-state index contributed by atoms with van der Waals surface area (Å²) >= 11 is 0. The van der Waals surface area contributed by atoms with Crippen LogP contribution in [0.2, 0.25) is 0 Å². The van der Waals surface area contributed by atoms with Gasteiger partial charge in [0.25, 0.3) is 5.91 Å². The molecule has 0 radical (unpaired) electrons. The third-order valence-corrected chi connectivity index (χ3v) is 6.54. The molecule has 148 valence electrons. The maximum absolute atomic E-state index is 13.3. The monoisotopic (exact) mass is 386 g/mol. The Balaban J connectivity index is 1.85. The molecular formula is C20H22N2O6. The highest BCUT2D eigenvalue weighted by molar-refractivity contribution is 6.13. The van der Waals surface area contributed by atoms with E-state index >= 15 is 0 Å². The van der Waals surface area contributed by atoms with E-state index in [9.17, 15) is 24.3 Å². The van der Waals surface area contributed by atoms with E-state index in [4.69, 9.17) is 0 Å². The van der Waals surface area contributed by atoms with Crippen LogP contribution in [0.4, 0.5) is 5.69 Å². The molecule has 1 fully saturated rings. The van der Waals surface area contributed by atoms with Crippen LogP contribution >= 0.6 is 0 Å². The van der Waals surface area contributed by atoms with Crippen molar-refractivity contribution < 1.29 is 29.0 Å². The van der Waals surface area contributed by atoms with Gasteiger partial charge in [0.1, 0.15) is 6.42 Å². The van der Waals surface area contributed by atoms with Crippen LogP contribution in [0, 0.1) is 11.8 Å². The summed E-state index contributed by atoms with van der Waals surface area (Å²) in [6, 6.07) is 5.39. The zero-order valence-corrected chi connectivity index (χ0v) is 16.2. The summed E-state index contributed by atoms with van der Waals surface area (Å²) in [6.07, 6.45) is -0.131. The minimum atomic E-state index is -2.02. The molecule has 0 bridgehead atoms. The second-order valence-corrected chi connectivity index (χ2v) is 8.20. The highest BCUT2D eigenvalue weighted by atomic mass is 16.5. The molecule has 0 saturated carbocycles. The van der Waals surface area contributed by atoms with E-state index in [-0.39, 0.29) is 0 Å². The molecule has 1 aromatic rings. The molecule has 3 amide bonds. The zero-order chi connectivity index (χ0) is 20.6. The van der Waals surface area contributed by atoms with Gasteiger partial charge in [0.2, 0.25) is 11.8 Å². The Labute approximate surface area is 162 Å². The number of nitrogens with zero attached hydrogens (tertiary/aromatic N) is 2. The topological polar surface area (TPSA) is 104 Å². The summed E-state index contributed by atoms with van der Waals surface area (Å²) in [6.45, 7) is 3.46. The number of imide groups is 1. The predicted octanol–water partition coefficient (Wildman–Crippen LogP) is 0.350. The van der Waals surface area contributed by atoms with E-state index in [1.165, 1.54) is 12.0 Å². The summed E-state index contributed by atoms with van der Waals surface area (Å²) in [5, 5.41) is 11.6.